The Morgan fingerprint density at radius 3 is 2.21 bits per heavy atom. The Bertz CT molecular complexity index is 1420. The Morgan fingerprint density at radius 2 is 1.61 bits per heavy atom. The van der Waals surface area contributed by atoms with Gasteiger partial charge in [0.1, 0.15) is 10.6 Å². The van der Waals surface area contributed by atoms with Crippen LogP contribution in [0.1, 0.15) is 10.5 Å². The van der Waals surface area contributed by atoms with Gasteiger partial charge in [0.15, 0.2) is 11.5 Å². The maximum atomic E-state index is 12.9. The van der Waals surface area contributed by atoms with E-state index < -0.39 is 26.0 Å². The zero-order valence-electron chi connectivity index (χ0n) is 17.5. The number of aromatic amines is 1. The fourth-order valence-corrected chi connectivity index (χ4v) is 5.90. The molecule has 3 rings (SSSR count). The summed E-state index contributed by atoms with van der Waals surface area (Å²) in [6.45, 7) is -0.540. The number of nitrogens with one attached hydrogen (secondary N) is 3. The number of hydrogen-bond acceptors (Lipinski definition) is 7. The van der Waals surface area contributed by atoms with Crippen LogP contribution in [0.3, 0.4) is 0 Å². The standard InChI is InChI=1S/C19H21BrN4O7S2/c1-30-15-6-4-12(10-16(15)31-2)32(26,27)22-7-8-23-33(28,29)18-13-9-11(20)3-5-14(13)24-17(18)19(21)25/h3-6,9-10,22-24H,7-8H2,1-2H3,(H2,21,25). The third kappa shape index (κ3) is 5.30. The summed E-state index contributed by atoms with van der Waals surface area (Å²) in [7, 11) is -5.37. The van der Waals surface area contributed by atoms with E-state index in [1.165, 1.54) is 38.5 Å². The van der Waals surface area contributed by atoms with Gasteiger partial charge in [-0.05, 0) is 30.3 Å². The largest absolute Gasteiger partial charge is 0.493 e. The first-order valence-corrected chi connectivity index (χ1v) is 13.1. The quantitative estimate of drug-likeness (QED) is 0.271. The summed E-state index contributed by atoms with van der Waals surface area (Å²) in [5.74, 6) is -0.359. The molecule has 0 radical (unpaired) electrons. The highest BCUT2D eigenvalue weighted by atomic mass is 79.9. The molecule has 2 aromatic carbocycles. The second-order valence-corrected chi connectivity index (χ2v) is 11.1. The molecule has 0 aliphatic carbocycles. The van der Waals surface area contributed by atoms with Crippen molar-refractivity contribution in [2.75, 3.05) is 27.3 Å². The number of primary amides is 1. The van der Waals surface area contributed by atoms with Gasteiger partial charge in [0.05, 0.1) is 19.1 Å². The van der Waals surface area contributed by atoms with E-state index in [2.05, 4.69) is 30.4 Å². The second kappa shape index (κ2) is 9.69. The lowest BCUT2D eigenvalue weighted by molar-refractivity contribution is 0.0993. The zero-order valence-corrected chi connectivity index (χ0v) is 20.7. The van der Waals surface area contributed by atoms with Gasteiger partial charge in [-0.3, -0.25) is 4.79 Å². The van der Waals surface area contributed by atoms with E-state index in [1.807, 2.05) is 0 Å². The van der Waals surface area contributed by atoms with Crippen LogP contribution in [-0.4, -0.2) is 55.0 Å². The van der Waals surface area contributed by atoms with Crippen molar-refractivity contribution in [3.05, 3.63) is 46.6 Å². The predicted molar refractivity (Wildman–Crippen MR) is 124 cm³/mol. The molecule has 1 heterocycles. The predicted octanol–water partition coefficient (Wildman–Crippen LogP) is 1.30. The molecule has 0 fully saturated rings. The normalized spacial score (nSPS) is 12.1. The van der Waals surface area contributed by atoms with E-state index in [0.29, 0.717) is 15.7 Å². The molecule has 0 atom stereocenters. The average Bonchev–Trinajstić information content (AvgIpc) is 3.16. The average molecular weight is 561 g/mol. The lowest BCUT2D eigenvalue weighted by Gasteiger charge is -2.11. The molecule has 11 nitrogen and oxygen atoms in total. The van der Waals surface area contributed by atoms with Crippen LogP contribution in [0.25, 0.3) is 10.9 Å². The van der Waals surface area contributed by atoms with Crippen LogP contribution in [0.4, 0.5) is 0 Å². The topological polar surface area (TPSA) is 170 Å². The molecule has 0 saturated heterocycles. The fourth-order valence-electron chi connectivity index (χ4n) is 3.10. The van der Waals surface area contributed by atoms with Gasteiger partial charge in [-0.25, -0.2) is 26.3 Å². The summed E-state index contributed by atoms with van der Waals surface area (Å²) >= 11 is 3.27. The third-order valence-electron chi connectivity index (χ3n) is 4.60. The van der Waals surface area contributed by atoms with E-state index in [-0.39, 0.29) is 39.7 Å². The van der Waals surface area contributed by atoms with Crippen molar-refractivity contribution in [1.29, 1.82) is 0 Å². The minimum atomic E-state index is -4.21. The summed E-state index contributed by atoms with van der Waals surface area (Å²) in [6.07, 6.45) is 0. The first kappa shape index (κ1) is 25.0. The van der Waals surface area contributed by atoms with Crippen molar-refractivity contribution in [2.24, 2.45) is 5.73 Å². The van der Waals surface area contributed by atoms with Crippen molar-refractivity contribution >= 4 is 52.8 Å². The number of methoxy groups -OCH3 is 2. The van der Waals surface area contributed by atoms with Gasteiger partial charge >= 0.3 is 0 Å². The molecule has 33 heavy (non-hydrogen) atoms. The number of halogens is 1. The number of hydrogen-bond donors (Lipinski definition) is 4. The molecule has 3 aromatic rings. The van der Waals surface area contributed by atoms with Crippen LogP contribution in [0.5, 0.6) is 11.5 Å². The first-order chi connectivity index (χ1) is 15.5. The molecular formula is C19H21BrN4O7S2. The highest BCUT2D eigenvalue weighted by Gasteiger charge is 2.27. The van der Waals surface area contributed by atoms with E-state index >= 15 is 0 Å². The van der Waals surface area contributed by atoms with Crippen molar-refractivity contribution in [1.82, 2.24) is 14.4 Å². The van der Waals surface area contributed by atoms with Crippen molar-refractivity contribution < 1.29 is 31.1 Å². The number of carbonyl (C=O) groups excluding carboxylic acids is 1. The number of nitrogens with two attached hydrogens (primary N) is 1. The number of rotatable bonds is 10. The van der Waals surface area contributed by atoms with E-state index in [9.17, 15) is 21.6 Å². The fraction of sp³-hybridized carbons (Fsp3) is 0.211. The van der Waals surface area contributed by atoms with Gasteiger partial charge in [0.25, 0.3) is 5.91 Å². The SMILES string of the molecule is COc1ccc(S(=O)(=O)NCCNS(=O)(=O)c2c(C(N)=O)[nH]c3ccc(Br)cc23)cc1OC. The molecule has 0 unspecified atom stereocenters. The van der Waals surface area contributed by atoms with Crippen LogP contribution in [0.15, 0.2) is 50.7 Å². The van der Waals surface area contributed by atoms with Crippen LogP contribution in [0.2, 0.25) is 0 Å². The molecule has 178 valence electrons. The summed E-state index contributed by atoms with van der Waals surface area (Å²) in [6, 6.07) is 8.87. The number of fused-ring (bicyclic) bond motifs is 1. The van der Waals surface area contributed by atoms with E-state index in [0.717, 1.165) is 0 Å². The summed E-state index contributed by atoms with van der Waals surface area (Å²) in [5, 5.41) is 0.261. The number of aromatic nitrogens is 1. The molecule has 1 amide bonds. The Balaban J connectivity index is 1.76. The monoisotopic (exact) mass is 560 g/mol. The highest BCUT2D eigenvalue weighted by Crippen LogP contribution is 2.30. The van der Waals surface area contributed by atoms with Gasteiger partial charge in [-0.1, -0.05) is 15.9 Å². The summed E-state index contributed by atoms with van der Waals surface area (Å²) in [5.41, 5.74) is 5.48. The van der Waals surface area contributed by atoms with E-state index in [1.54, 1.807) is 12.1 Å². The molecular weight excluding hydrogens is 540 g/mol. The van der Waals surface area contributed by atoms with Crippen molar-refractivity contribution in [3.8, 4) is 11.5 Å². The van der Waals surface area contributed by atoms with Gasteiger partial charge < -0.3 is 20.2 Å². The zero-order chi connectivity index (χ0) is 24.4. The molecule has 0 aliphatic heterocycles. The lowest BCUT2D eigenvalue weighted by atomic mass is 10.2. The van der Waals surface area contributed by atoms with Crippen molar-refractivity contribution in [2.45, 2.75) is 9.79 Å². The first-order valence-electron chi connectivity index (χ1n) is 9.32. The molecule has 14 heteroatoms. The number of ether oxygens (including phenoxy) is 2. The second-order valence-electron chi connectivity index (χ2n) is 6.70. The summed E-state index contributed by atoms with van der Waals surface area (Å²) < 4.78 is 66.4. The van der Waals surface area contributed by atoms with Gasteiger partial charge in [-0.15, -0.1) is 0 Å². The Kier molecular flexibility index (Phi) is 7.33. The minimum absolute atomic E-state index is 0.0829. The van der Waals surface area contributed by atoms with Gasteiger partial charge in [0.2, 0.25) is 20.0 Å². The number of benzene rings is 2. The molecule has 1 aromatic heterocycles. The maximum absolute atomic E-state index is 12.9. The molecule has 0 aliphatic rings. The molecule has 0 saturated carbocycles. The minimum Gasteiger partial charge on any atom is -0.493 e. The third-order valence-corrected chi connectivity index (χ3v) is 8.10. The van der Waals surface area contributed by atoms with Crippen LogP contribution >= 0.6 is 15.9 Å². The number of sulfonamides is 2. The van der Waals surface area contributed by atoms with Crippen LogP contribution in [-0.2, 0) is 20.0 Å². The molecule has 5 N–H and O–H groups in total. The lowest BCUT2D eigenvalue weighted by Crippen LogP contribution is -2.35. The Morgan fingerprint density at radius 1 is 0.970 bits per heavy atom. The Hall–Kier alpha value is -2.65. The number of carbonyl (C=O) groups is 1. The van der Waals surface area contributed by atoms with Crippen molar-refractivity contribution in [3.63, 3.8) is 0 Å². The summed E-state index contributed by atoms with van der Waals surface area (Å²) in [4.78, 5) is 14.1. The van der Waals surface area contributed by atoms with Gasteiger partial charge in [-0.2, -0.15) is 0 Å². The smallest absolute Gasteiger partial charge is 0.266 e. The Labute approximate surface area is 198 Å². The molecule has 0 bridgehead atoms. The van der Waals surface area contributed by atoms with Gasteiger partial charge in [0, 0.05) is 34.5 Å². The van der Waals surface area contributed by atoms with E-state index in [4.69, 9.17) is 15.2 Å². The van der Waals surface area contributed by atoms with Crippen LogP contribution in [0, 0.1) is 0 Å². The maximum Gasteiger partial charge on any atom is 0.266 e. The number of H-pyrrole nitrogens is 1. The highest BCUT2D eigenvalue weighted by molar-refractivity contribution is 9.10. The van der Waals surface area contributed by atoms with Crippen LogP contribution < -0.4 is 24.7 Å². The molecule has 0 spiro atoms. The number of amides is 1.